The molecule has 0 bridgehead atoms. The molecule has 1 aromatic carbocycles. The maximum atomic E-state index is 12.6. The van der Waals surface area contributed by atoms with Crippen molar-refractivity contribution in [3.05, 3.63) is 69.4 Å². The summed E-state index contributed by atoms with van der Waals surface area (Å²) in [6, 6.07) is 9.66. The zero-order valence-electron chi connectivity index (χ0n) is 16.4. The van der Waals surface area contributed by atoms with Gasteiger partial charge < -0.3 is 9.30 Å². The Morgan fingerprint density at radius 1 is 1.24 bits per heavy atom. The molecule has 3 aromatic rings. The van der Waals surface area contributed by atoms with Crippen LogP contribution in [0.15, 0.2) is 46.1 Å². The maximum Gasteiger partial charge on any atom is 0.338 e. The molecule has 29 heavy (non-hydrogen) atoms. The molecule has 0 spiro atoms. The average Bonchev–Trinajstić information content (AvgIpc) is 3.31. The van der Waals surface area contributed by atoms with Crippen LogP contribution in [0.25, 0.3) is 0 Å². The number of esters is 1. The summed E-state index contributed by atoms with van der Waals surface area (Å²) >= 11 is 3.24. The van der Waals surface area contributed by atoms with Crippen molar-refractivity contribution in [2.75, 3.05) is 6.61 Å². The minimum atomic E-state index is -0.481. The first kappa shape index (κ1) is 19.9. The Bertz CT molecular complexity index is 1020. The van der Waals surface area contributed by atoms with Gasteiger partial charge in [-0.15, -0.1) is 23.1 Å². The number of ketones is 1. The second-order valence-corrected chi connectivity index (χ2v) is 8.95. The quantitative estimate of drug-likeness (QED) is 0.280. The number of ether oxygens (including phenoxy) is 1. The normalized spacial score (nSPS) is 13.4. The number of rotatable bonds is 8. The minimum Gasteiger partial charge on any atom is -0.454 e. The lowest BCUT2D eigenvalue weighted by Crippen LogP contribution is -2.15. The minimum absolute atomic E-state index is 0.159. The lowest BCUT2D eigenvalue weighted by atomic mass is 10.1. The molecule has 0 atom stereocenters. The predicted octanol–water partition coefficient (Wildman–Crippen LogP) is 5.23. The number of Topliss-reactive ketones (excluding diaryl/α,β-unsaturated/α-hetero) is 1. The molecule has 0 radical (unpaired) electrons. The first-order chi connectivity index (χ1) is 14.0. The molecule has 1 saturated carbocycles. The largest absolute Gasteiger partial charge is 0.454 e. The van der Waals surface area contributed by atoms with Crippen LogP contribution >= 0.6 is 23.1 Å². The van der Waals surface area contributed by atoms with Gasteiger partial charge >= 0.3 is 5.97 Å². The number of nitrogens with zero attached hydrogens (tertiary/aromatic N) is 2. The van der Waals surface area contributed by atoms with Crippen LogP contribution in [0.5, 0.6) is 0 Å². The van der Waals surface area contributed by atoms with E-state index in [9.17, 15) is 9.59 Å². The van der Waals surface area contributed by atoms with E-state index in [0.29, 0.717) is 17.2 Å². The predicted molar refractivity (Wildman–Crippen MR) is 115 cm³/mol. The number of aromatic nitrogens is 2. The molecule has 1 fully saturated rings. The molecule has 0 saturated heterocycles. The average molecular weight is 427 g/mol. The van der Waals surface area contributed by atoms with E-state index in [4.69, 9.17) is 4.74 Å². The Morgan fingerprint density at radius 2 is 2.00 bits per heavy atom. The second-order valence-electron chi connectivity index (χ2n) is 7.18. The number of thioether (sulfide) groups is 1. The second kappa shape index (κ2) is 8.55. The van der Waals surface area contributed by atoms with Gasteiger partial charge in [0, 0.05) is 39.0 Å². The highest BCUT2D eigenvalue weighted by Crippen LogP contribution is 2.38. The fourth-order valence-electron chi connectivity index (χ4n) is 3.40. The van der Waals surface area contributed by atoms with Crippen molar-refractivity contribution < 1.29 is 14.3 Å². The molecule has 5 nitrogen and oxygen atoms in total. The van der Waals surface area contributed by atoms with Crippen molar-refractivity contribution in [3.8, 4) is 0 Å². The van der Waals surface area contributed by atoms with E-state index in [1.54, 1.807) is 35.2 Å². The van der Waals surface area contributed by atoms with Gasteiger partial charge in [0.05, 0.1) is 16.8 Å². The van der Waals surface area contributed by atoms with E-state index < -0.39 is 5.97 Å². The summed E-state index contributed by atoms with van der Waals surface area (Å²) in [4.78, 5) is 30.2. The van der Waals surface area contributed by atoms with E-state index in [1.165, 1.54) is 0 Å². The number of aryl methyl sites for hydroxylation is 1. The summed E-state index contributed by atoms with van der Waals surface area (Å²) in [7, 11) is 0. The standard InChI is InChI=1S/C22H22N2O3S2/c1-14-9-20(15(2)24(14)18-5-6-18)21(25)10-27-22(26)16-3-7-19(8-4-16)29-12-17-11-28-13-23-17/h3-4,7-9,11,13,18H,5-6,10,12H2,1-2H3. The van der Waals surface area contributed by atoms with Crippen molar-refractivity contribution in [2.24, 2.45) is 0 Å². The summed E-state index contributed by atoms with van der Waals surface area (Å²) in [6.45, 7) is 3.73. The molecule has 2 aromatic heterocycles. The summed E-state index contributed by atoms with van der Waals surface area (Å²) in [5.41, 5.74) is 6.01. The topological polar surface area (TPSA) is 61.2 Å². The summed E-state index contributed by atoms with van der Waals surface area (Å²) in [6.07, 6.45) is 2.33. The monoisotopic (exact) mass is 426 g/mol. The van der Waals surface area contributed by atoms with Crippen molar-refractivity contribution >= 4 is 34.9 Å². The lowest BCUT2D eigenvalue weighted by Gasteiger charge is -2.08. The van der Waals surface area contributed by atoms with E-state index in [-0.39, 0.29) is 12.4 Å². The van der Waals surface area contributed by atoms with E-state index in [0.717, 1.165) is 40.6 Å². The van der Waals surface area contributed by atoms with E-state index in [2.05, 4.69) is 9.55 Å². The number of hydrogen-bond donors (Lipinski definition) is 0. The number of carbonyl (C=O) groups is 2. The Balaban J connectivity index is 1.32. The molecule has 1 aliphatic carbocycles. The number of thiazole rings is 1. The van der Waals surface area contributed by atoms with Gasteiger partial charge in [0.1, 0.15) is 0 Å². The van der Waals surface area contributed by atoms with Gasteiger partial charge in [0.2, 0.25) is 5.78 Å². The van der Waals surface area contributed by atoms with Crippen LogP contribution in [0.3, 0.4) is 0 Å². The molecule has 0 aliphatic heterocycles. The highest BCUT2D eigenvalue weighted by atomic mass is 32.2. The molecule has 150 valence electrons. The third kappa shape index (κ3) is 4.62. The molecule has 0 N–H and O–H groups in total. The van der Waals surface area contributed by atoms with Crippen LogP contribution in [0.1, 0.15) is 56.7 Å². The summed E-state index contributed by atoms with van der Waals surface area (Å²) in [5, 5.41) is 2.03. The Hall–Kier alpha value is -2.38. The zero-order valence-corrected chi connectivity index (χ0v) is 18.0. The number of carbonyl (C=O) groups excluding carboxylic acids is 2. The highest BCUT2D eigenvalue weighted by molar-refractivity contribution is 7.98. The van der Waals surface area contributed by atoms with Crippen LogP contribution in [0, 0.1) is 13.8 Å². The van der Waals surface area contributed by atoms with Crippen molar-refractivity contribution in [3.63, 3.8) is 0 Å². The third-order valence-electron chi connectivity index (χ3n) is 4.99. The van der Waals surface area contributed by atoms with Crippen molar-refractivity contribution in [2.45, 2.75) is 43.4 Å². The van der Waals surface area contributed by atoms with E-state index >= 15 is 0 Å². The van der Waals surface area contributed by atoms with Gasteiger partial charge in [0.25, 0.3) is 0 Å². The molecular weight excluding hydrogens is 404 g/mol. The van der Waals surface area contributed by atoms with Crippen LogP contribution in [0.4, 0.5) is 0 Å². The molecular formula is C22H22N2O3S2. The highest BCUT2D eigenvalue weighted by Gasteiger charge is 2.28. The SMILES string of the molecule is Cc1cc(C(=O)COC(=O)c2ccc(SCc3cscn3)cc2)c(C)n1C1CC1. The number of hydrogen-bond acceptors (Lipinski definition) is 6. The Labute approximate surface area is 178 Å². The zero-order chi connectivity index (χ0) is 20.4. The third-order valence-corrected chi connectivity index (χ3v) is 6.67. The van der Waals surface area contributed by atoms with Gasteiger partial charge in [-0.2, -0.15) is 0 Å². The van der Waals surface area contributed by atoms with Gasteiger partial charge in [0.15, 0.2) is 6.61 Å². The van der Waals surface area contributed by atoms with E-state index in [1.807, 2.05) is 42.9 Å². The molecule has 2 heterocycles. The van der Waals surface area contributed by atoms with Crippen LogP contribution in [0.2, 0.25) is 0 Å². The van der Waals surface area contributed by atoms with Gasteiger partial charge in [-0.1, -0.05) is 0 Å². The molecule has 0 unspecified atom stereocenters. The Morgan fingerprint density at radius 3 is 2.66 bits per heavy atom. The van der Waals surface area contributed by atoms with Crippen LogP contribution in [-0.2, 0) is 10.5 Å². The van der Waals surface area contributed by atoms with Crippen LogP contribution < -0.4 is 0 Å². The summed E-state index contributed by atoms with van der Waals surface area (Å²) in [5.74, 6) is 0.153. The smallest absolute Gasteiger partial charge is 0.338 e. The molecule has 7 heteroatoms. The van der Waals surface area contributed by atoms with Crippen molar-refractivity contribution in [1.82, 2.24) is 9.55 Å². The molecule has 1 aliphatic rings. The Kier molecular flexibility index (Phi) is 5.87. The van der Waals surface area contributed by atoms with Gasteiger partial charge in [-0.05, 0) is 57.0 Å². The fourth-order valence-corrected chi connectivity index (χ4v) is 4.86. The van der Waals surface area contributed by atoms with Gasteiger partial charge in [-0.25, -0.2) is 9.78 Å². The molecule has 0 amide bonds. The first-order valence-corrected chi connectivity index (χ1v) is 11.4. The van der Waals surface area contributed by atoms with Crippen LogP contribution in [-0.4, -0.2) is 27.9 Å². The first-order valence-electron chi connectivity index (χ1n) is 9.51. The van der Waals surface area contributed by atoms with Crippen molar-refractivity contribution in [1.29, 1.82) is 0 Å². The molecule has 4 rings (SSSR count). The van der Waals surface area contributed by atoms with Gasteiger partial charge in [-0.3, -0.25) is 4.79 Å². The number of benzene rings is 1. The fraction of sp³-hybridized carbons (Fsp3) is 0.318. The summed E-state index contributed by atoms with van der Waals surface area (Å²) < 4.78 is 7.49. The maximum absolute atomic E-state index is 12.6. The lowest BCUT2D eigenvalue weighted by molar-refractivity contribution is 0.0474.